The van der Waals surface area contributed by atoms with Crippen LogP contribution in [0.15, 0.2) is 29.4 Å². The third-order valence-electron chi connectivity index (χ3n) is 4.33. The molecule has 1 atom stereocenters. The van der Waals surface area contributed by atoms with Gasteiger partial charge in [0, 0.05) is 18.7 Å². The van der Waals surface area contributed by atoms with E-state index in [4.69, 9.17) is 0 Å². The number of amides is 2. The number of hydrogen-bond acceptors (Lipinski definition) is 6. The summed E-state index contributed by atoms with van der Waals surface area (Å²) in [7, 11) is 0. The fourth-order valence-electron chi connectivity index (χ4n) is 3.17. The molecule has 3 rings (SSSR count). The summed E-state index contributed by atoms with van der Waals surface area (Å²) in [6.45, 7) is 4.55. The number of rotatable bonds is 6. The van der Waals surface area contributed by atoms with Crippen LogP contribution in [-0.2, 0) is 9.59 Å². The predicted molar refractivity (Wildman–Crippen MR) is 99.1 cm³/mol. The van der Waals surface area contributed by atoms with Crippen LogP contribution in [0.5, 0.6) is 0 Å². The van der Waals surface area contributed by atoms with Gasteiger partial charge in [0.2, 0.25) is 17.0 Å². The molecule has 0 radical (unpaired) electrons. The molecule has 2 amide bonds. The highest BCUT2D eigenvalue weighted by Gasteiger charge is 2.34. The molecule has 0 spiro atoms. The molecule has 8 nitrogen and oxygen atoms in total. The molecule has 9 heteroatoms. The molecule has 2 aromatic rings. The van der Waals surface area contributed by atoms with E-state index in [0.717, 1.165) is 12.1 Å². The number of carbonyl (C=O) groups is 2. The van der Waals surface area contributed by atoms with E-state index in [0.29, 0.717) is 23.8 Å². The molecular formula is C17H22N6O2S. The van der Waals surface area contributed by atoms with Crippen LogP contribution in [0.2, 0.25) is 0 Å². The third-order valence-corrected chi connectivity index (χ3v) is 4.95. The van der Waals surface area contributed by atoms with Gasteiger partial charge in [-0.25, -0.2) is 0 Å². The van der Waals surface area contributed by atoms with Gasteiger partial charge in [0.15, 0.2) is 0 Å². The standard InChI is InChI=1S/C17H22N6O2S/c1-11(2)15(22-9-5-8-14(22)24)16(25)18-12-6-4-7-13(10-12)23-17(26-3)19-20-21-23/h4,6-7,10-11,15H,5,8-9H2,1-3H3,(H,18,25). The summed E-state index contributed by atoms with van der Waals surface area (Å²) >= 11 is 1.44. The number of tetrazole rings is 1. The maximum atomic E-state index is 12.9. The molecule has 1 aliphatic rings. The van der Waals surface area contributed by atoms with Gasteiger partial charge in [0.1, 0.15) is 6.04 Å². The second-order valence-electron chi connectivity index (χ2n) is 6.50. The molecule has 0 saturated carbocycles. The van der Waals surface area contributed by atoms with Crippen LogP contribution in [0.3, 0.4) is 0 Å². The summed E-state index contributed by atoms with van der Waals surface area (Å²) in [5.41, 5.74) is 1.41. The zero-order valence-electron chi connectivity index (χ0n) is 15.0. The molecule has 1 saturated heterocycles. The number of likely N-dealkylation sites (tertiary alicyclic amines) is 1. The number of hydrogen-bond donors (Lipinski definition) is 1. The second kappa shape index (κ2) is 7.86. The highest BCUT2D eigenvalue weighted by Crippen LogP contribution is 2.22. The Balaban J connectivity index is 1.80. The van der Waals surface area contributed by atoms with Crippen molar-refractivity contribution < 1.29 is 9.59 Å². The minimum absolute atomic E-state index is 0.0304. The molecule has 0 aliphatic carbocycles. The summed E-state index contributed by atoms with van der Waals surface area (Å²) in [6, 6.07) is 6.87. The van der Waals surface area contributed by atoms with Gasteiger partial charge in [-0.2, -0.15) is 4.68 Å². The van der Waals surface area contributed by atoms with E-state index < -0.39 is 6.04 Å². The number of thioether (sulfide) groups is 1. The third kappa shape index (κ3) is 3.72. The van der Waals surface area contributed by atoms with E-state index in [-0.39, 0.29) is 17.7 Å². The molecule has 1 fully saturated rings. The van der Waals surface area contributed by atoms with Gasteiger partial charge >= 0.3 is 0 Å². The zero-order chi connectivity index (χ0) is 18.7. The normalized spacial score (nSPS) is 15.5. The SMILES string of the molecule is CSc1nnnn1-c1cccc(NC(=O)C(C(C)C)N2CCCC2=O)c1. The lowest BCUT2D eigenvalue weighted by atomic mass is 10.0. The Morgan fingerprint density at radius 2 is 2.15 bits per heavy atom. The maximum Gasteiger partial charge on any atom is 0.247 e. The number of nitrogens with one attached hydrogen (secondary N) is 1. The van der Waals surface area contributed by atoms with Crippen LogP contribution in [-0.4, -0.2) is 55.8 Å². The smallest absolute Gasteiger partial charge is 0.247 e. The first kappa shape index (κ1) is 18.4. The van der Waals surface area contributed by atoms with Crippen LogP contribution in [0, 0.1) is 5.92 Å². The Bertz CT molecular complexity index is 806. The number of benzene rings is 1. The summed E-state index contributed by atoms with van der Waals surface area (Å²) < 4.78 is 1.62. The number of anilines is 1. The fraction of sp³-hybridized carbons (Fsp3) is 0.471. The Kier molecular flexibility index (Phi) is 5.55. The summed E-state index contributed by atoms with van der Waals surface area (Å²) in [5.74, 6) is -0.0945. The quantitative estimate of drug-likeness (QED) is 0.777. The van der Waals surface area contributed by atoms with Crippen LogP contribution in [0.4, 0.5) is 5.69 Å². The Morgan fingerprint density at radius 3 is 2.81 bits per heavy atom. The molecule has 138 valence electrons. The fourth-order valence-corrected chi connectivity index (χ4v) is 3.60. The monoisotopic (exact) mass is 374 g/mol. The zero-order valence-corrected chi connectivity index (χ0v) is 15.9. The Morgan fingerprint density at radius 1 is 1.35 bits per heavy atom. The molecule has 1 aliphatic heterocycles. The van der Waals surface area contributed by atoms with Crippen molar-refractivity contribution in [1.29, 1.82) is 0 Å². The van der Waals surface area contributed by atoms with Crippen LogP contribution in [0.1, 0.15) is 26.7 Å². The topological polar surface area (TPSA) is 93.0 Å². The van der Waals surface area contributed by atoms with Crippen molar-refractivity contribution in [1.82, 2.24) is 25.1 Å². The van der Waals surface area contributed by atoms with Crippen LogP contribution in [0.25, 0.3) is 5.69 Å². The molecular weight excluding hydrogens is 352 g/mol. The summed E-state index contributed by atoms with van der Waals surface area (Å²) in [4.78, 5) is 26.6. The molecule has 1 aromatic heterocycles. The van der Waals surface area contributed by atoms with Crippen LogP contribution >= 0.6 is 11.8 Å². The molecule has 1 aromatic carbocycles. The summed E-state index contributed by atoms with van der Waals surface area (Å²) in [6.07, 6.45) is 3.22. The second-order valence-corrected chi connectivity index (χ2v) is 7.27. The van der Waals surface area contributed by atoms with Crippen molar-refractivity contribution in [2.75, 3.05) is 18.1 Å². The maximum absolute atomic E-state index is 12.9. The lowest BCUT2D eigenvalue weighted by molar-refractivity contribution is -0.136. The number of aromatic nitrogens is 4. The lowest BCUT2D eigenvalue weighted by Crippen LogP contribution is -2.47. The van der Waals surface area contributed by atoms with Crippen molar-refractivity contribution in [2.45, 2.75) is 37.9 Å². The van der Waals surface area contributed by atoms with Crippen LogP contribution < -0.4 is 5.32 Å². The first-order valence-corrected chi connectivity index (χ1v) is 9.77. The largest absolute Gasteiger partial charge is 0.330 e. The number of nitrogens with zero attached hydrogens (tertiary/aromatic N) is 5. The van der Waals surface area contributed by atoms with Gasteiger partial charge in [-0.15, -0.1) is 5.10 Å². The molecule has 1 unspecified atom stereocenters. The summed E-state index contributed by atoms with van der Waals surface area (Å²) in [5, 5.41) is 15.2. The van der Waals surface area contributed by atoms with Gasteiger partial charge in [-0.1, -0.05) is 31.7 Å². The van der Waals surface area contributed by atoms with Crippen molar-refractivity contribution in [2.24, 2.45) is 5.92 Å². The van der Waals surface area contributed by atoms with E-state index >= 15 is 0 Å². The van der Waals surface area contributed by atoms with Gasteiger partial charge in [0.25, 0.3) is 0 Å². The number of carbonyl (C=O) groups excluding carboxylic acids is 2. The highest BCUT2D eigenvalue weighted by molar-refractivity contribution is 7.98. The van der Waals surface area contributed by atoms with Gasteiger partial charge in [0.05, 0.1) is 5.69 Å². The van der Waals surface area contributed by atoms with Crippen molar-refractivity contribution in [3.8, 4) is 5.69 Å². The molecule has 2 heterocycles. The first-order chi connectivity index (χ1) is 12.5. The Labute approximate surface area is 156 Å². The minimum Gasteiger partial charge on any atom is -0.330 e. The first-order valence-electron chi connectivity index (χ1n) is 8.54. The average molecular weight is 374 g/mol. The highest BCUT2D eigenvalue weighted by atomic mass is 32.2. The van der Waals surface area contributed by atoms with Gasteiger partial charge < -0.3 is 10.2 Å². The molecule has 1 N–H and O–H groups in total. The van der Waals surface area contributed by atoms with Gasteiger partial charge in [-0.3, -0.25) is 9.59 Å². The molecule has 26 heavy (non-hydrogen) atoms. The molecule has 0 bridgehead atoms. The van der Waals surface area contributed by atoms with E-state index in [1.54, 1.807) is 9.58 Å². The van der Waals surface area contributed by atoms with E-state index in [9.17, 15) is 9.59 Å². The Hall–Kier alpha value is -2.42. The van der Waals surface area contributed by atoms with Crippen molar-refractivity contribution in [3.05, 3.63) is 24.3 Å². The van der Waals surface area contributed by atoms with E-state index in [2.05, 4.69) is 20.8 Å². The van der Waals surface area contributed by atoms with E-state index in [1.807, 2.05) is 44.4 Å². The van der Waals surface area contributed by atoms with Gasteiger partial charge in [-0.05, 0) is 47.2 Å². The van der Waals surface area contributed by atoms with Crippen molar-refractivity contribution in [3.63, 3.8) is 0 Å². The van der Waals surface area contributed by atoms with E-state index in [1.165, 1.54) is 11.8 Å². The minimum atomic E-state index is -0.469. The average Bonchev–Trinajstić information content (AvgIpc) is 3.24. The van der Waals surface area contributed by atoms with Crippen molar-refractivity contribution >= 4 is 29.3 Å². The lowest BCUT2D eigenvalue weighted by Gasteiger charge is -2.29. The predicted octanol–water partition coefficient (Wildman–Crippen LogP) is 1.97.